The van der Waals surface area contributed by atoms with E-state index in [1.165, 1.54) is 31.3 Å². The zero-order valence-corrected chi connectivity index (χ0v) is 14.7. The second-order valence-electron chi connectivity index (χ2n) is 8.23. The van der Waals surface area contributed by atoms with Crippen molar-refractivity contribution in [3.63, 3.8) is 0 Å². The Morgan fingerprint density at radius 2 is 1.15 bits per heavy atom. The Morgan fingerprint density at radius 3 is 1.55 bits per heavy atom. The Balaban J connectivity index is 1.60. The molecule has 0 aliphatic heterocycles. The molecule has 0 bridgehead atoms. The summed E-state index contributed by atoms with van der Waals surface area (Å²) in [4.78, 5) is 0. The normalized spacial score (nSPS) is 40.5. The quantitative estimate of drug-likeness (QED) is 0.523. The first-order valence-electron chi connectivity index (χ1n) is 9.48. The summed E-state index contributed by atoms with van der Waals surface area (Å²) < 4.78 is 0. The van der Waals surface area contributed by atoms with Crippen molar-refractivity contribution in [2.45, 2.75) is 83.7 Å². The zero-order chi connectivity index (χ0) is 13.9. The third-order valence-corrected chi connectivity index (χ3v) is 10.3. The van der Waals surface area contributed by atoms with Gasteiger partial charge >= 0.3 is 0 Å². The number of rotatable bonds is 5. The average Bonchev–Trinajstić information content (AvgIpc) is 3.14. The molecule has 0 heterocycles. The van der Waals surface area contributed by atoms with Crippen LogP contribution in [-0.4, -0.2) is 18.0 Å². The molecule has 0 aromatic rings. The molecule has 0 N–H and O–H groups in total. The van der Waals surface area contributed by atoms with E-state index >= 15 is 0 Å². The minimum Gasteiger partial charge on any atom is -0.103 e. The topological polar surface area (TPSA) is 0 Å². The van der Waals surface area contributed by atoms with Crippen molar-refractivity contribution < 1.29 is 0 Å². The summed E-state index contributed by atoms with van der Waals surface area (Å²) in [6, 6.07) is 0. The fraction of sp³-hybridized carbons (Fsp3) is 1.00. The second-order valence-corrected chi connectivity index (χ2v) is 10.9. The molecular formula is C19H35P. The molecule has 0 radical (unpaired) electrons. The molecule has 3 rings (SSSR count). The number of hydrogen-bond acceptors (Lipinski definition) is 0. The Labute approximate surface area is 128 Å². The van der Waals surface area contributed by atoms with Crippen LogP contribution in [0.3, 0.4) is 0 Å². The Bertz CT molecular complexity index is 272. The van der Waals surface area contributed by atoms with Crippen LogP contribution in [0.4, 0.5) is 0 Å². The van der Waals surface area contributed by atoms with Crippen LogP contribution in [0.2, 0.25) is 0 Å². The molecule has 3 saturated carbocycles. The monoisotopic (exact) mass is 294 g/mol. The summed E-state index contributed by atoms with van der Waals surface area (Å²) in [6.45, 7) is 5.08. The summed E-state index contributed by atoms with van der Waals surface area (Å²) in [5.74, 6) is 4.31. The van der Waals surface area contributed by atoms with Crippen molar-refractivity contribution in [3.05, 3.63) is 0 Å². The molecule has 116 valence electrons. The van der Waals surface area contributed by atoms with Crippen molar-refractivity contribution in [1.82, 2.24) is 0 Å². The van der Waals surface area contributed by atoms with Gasteiger partial charge in [0, 0.05) is 0 Å². The molecule has 1 heteroatoms. The molecule has 0 saturated heterocycles. The van der Waals surface area contributed by atoms with Gasteiger partial charge in [0.2, 0.25) is 0 Å². The van der Waals surface area contributed by atoms with Gasteiger partial charge in [0.15, 0.2) is 0 Å². The zero-order valence-electron chi connectivity index (χ0n) is 13.8. The lowest BCUT2D eigenvalue weighted by Crippen LogP contribution is -2.19. The van der Waals surface area contributed by atoms with Gasteiger partial charge in [-0.3, -0.25) is 0 Å². The summed E-state index contributed by atoms with van der Waals surface area (Å²) in [6.07, 6.45) is 18.8. The van der Waals surface area contributed by atoms with Crippen LogP contribution >= 0.6 is 7.92 Å². The molecule has 3 aliphatic carbocycles. The summed E-state index contributed by atoms with van der Waals surface area (Å²) in [5, 5.41) is 0. The van der Waals surface area contributed by atoms with E-state index in [4.69, 9.17) is 0 Å². The van der Waals surface area contributed by atoms with E-state index in [0.29, 0.717) is 7.92 Å². The fourth-order valence-electron chi connectivity index (χ4n) is 5.23. The summed E-state index contributed by atoms with van der Waals surface area (Å²) in [7, 11) is 0.363. The van der Waals surface area contributed by atoms with Gasteiger partial charge in [-0.25, -0.2) is 0 Å². The van der Waals surface area contributed by atoms with Crippen LogP contribution in [0.25, 0.3) is 0 Å². The minimum absolute atomic E-state index is 0.363. The van der Waals surface area contributed by atoms with Crippen LogP contribution in [0, 0.1) is 23.7 Å². The van der Waals surface area contributed by atoms with Gasteiger partial charge in [0.25, 0.3) is 0 Å². The fourth-order valence-corrected chi connectivity index (χ4v) is 9.36. The predicted molar refractivity (Wildman–Crippen MR) is 91.9 cm³/mol. The lowest BCUT2D eigenvalue weighted by atomic mass is 10.0. The van der Waals surface area contributed by atoms with E-state index in [1.54, 1.807) is 50.8 Å². The van der Waals surface area contributed by atoms with Gasteiger partial charge < -0.3 is 0 Å². The lowest BCUT2D eigenvalue weighted by Gasteiger charge is -2.32. The first-order chi connectivity index (χ1) is 9.74. The third kappa shape index (κ3) is 3.60. The highest BCUT2D eigenvalue weighted by Crippen LogP contribution is 2.55. The molecule has 0 amide bonds. The van der Waals surface area contributed by atoms with E-state index in [0.717, 1.165) is 23.7 Å². The molecule has 3 aliphatic rings. The maximum absolute atomic E-state index is 2.54. The lowest BCUT2D eigenvalue weighted by molar-refractivity contribution is 0.448. The molecule has 0 aromatic carbocycles. The van der Waals surface area contributed by atoms with Crippen molar-refractivity contribution in [2.75, 3.05) is 12.3 Å². The maximum Gasteiger partial charge on any atom is -0.0209 e. The van der Waals surface area contributed by atoms with E-state index < -0.39 is 0 Å². The number of hydrogen-bond donors (Lipinski definition) is 0. The van der Waals surface area contributed by atoms with Gasteiger partial charge in [-0.1, -0.05) is 52.4 Å². The van der Waals surface area contributed by atoms with Crippen LogP contribution in [0.1, 0.15) is 78.1 Å². The van der Waals surface area contributed by atoms with Crippen molar-refractivity contribution in [2.24, 2.45) is 23.7 Å². The van der Waals surface area contributed by atoms with Crippen LogP contribution < -0.4 is 0 Å². The molecule has 2 unspecified atom stereocenters. The van der Waals surface area contributed by atoms with Crippen LogP contribution in [0.15, 0.2) is 0 Å². The maximum atomic E-state index is 2.54. The first kappa shape index (κ1) is 15.3. The van der Waals surface area contributed by atoms with E-state index in [1.807, 2.05) is 0 Å². The van der Waals surface area contributed by atoms with Gasteiger partial charge in [0.05, 0.1) is 0 Å². The molecular weight excluding hydrogens is 259 g/mol. The van der Waals surface area contributed by atoms with Gasteiger partial charge in [0.1, 0.15) is 0 Å². The summed E-state index contributed by atoms with van der Waals surface area (Å²) >= 11 is 0. The van der Waals surface area contributed by atoms with E-state index in [-0.39, 0.29) is 0 Å². The van der Waals surface area contributed by atoms with E-state index in [2.05, 4.69) is 13.8 Å². The second kappa shape index (κ2) is 7.13. The van der Waals surface area contributed by atoms with Gasteiger partial charge in [-0.05, 0) is 67.3 Å². The molecule has 0 nitrogen and oxygen atoms in total. The molecule has 0 aromatic heterocycles. The molecule has 4 atom stereocenters. The van der Waals surface area contributed by atoms with E-state index in [9.17, 15) is 0 Å². The largest absolute Gasteiger partial charge is 0.103 e. The highest BCUT2D eigenvalue weighted by molar-refractivity contribution is 7.58. The molecule has 3 fully saturated rings. The predicted octanol–water partition coefficient (Wildman–Crippen LogP) is 6.28. The highest BCUT2D eigenvalue weighted by atomic mass is 31.1. The SMILES string of the molecule is C[C@H]1CCCC1CP(CC1CCC[C@@H]1C)C1CCCC1. The van der Waals surface area contributed by atoms with Crippen molar-refractivity contribution in [1.29, 1.82) is 0 Å². The Kier molecular flexibility index (Phi) is 5.46. The van der Waals surface area contributed by atoms with Gasteiger partial charge in [-0.15, -0.1) is 7.92 Å². The van der Waals surface area contributed by atoms with Crippen molar-refractivity contribution in [3.8, 4) is 0 Å². The standard InChI is InChI=1S/C19H35P/c1-15-7-5-9-17(15)13-20(19-11-3-4-12-19)14-18-10-6-8-16(18)2/h15-19H,3-14H2,1-2H3/t15-,16-,17?,18?,20?/m0/s1. The van der Waals surface area contributed by atoms with Crippen molar-refractivity contribution >= 4 is 7.92 Å². The Hall–Kier alpha value is 0.430. The smallest absolute Gasteiger partial charge is 0.0209 e. The molecule has 20 heavy (non-hydrogen) atoms. The van der Waals surface area contributed by atoms with Crippen LogP contribution in [-0.2, 0) is 0 Å². The molecule has 0 spiro atoms. The van der Waals surface area contributed by atoms with Crippen LogP contribution in [0.5, 0.6) is 0 Å². The average molecular weight is 294 g/mol. The Morgan fingerprint density at radius 1 is 0.650 bits per heavy atom. The third-order valence-electron chi connectivity index (χ3n) is 6.86. The highest BCUT2D eigenvalue weighted by Gasteiger charge is 2.34. The summed E-state index contributed by atoms with van der Waals surface area (Å²) in [5.41, 5.74) is 1.17. The van der Waals surface area contributed by atoms with Gasteiger partial charge in [-0.2, -0.15) is 0 Å². The minimum atomic E-state index is 0.363. The first-order valence-corrected chi connectivity index (χ1v) is 11.3.